The highest BCUT2D eigenvalue weighted by atomic mass is 16.5. The van der Waals surface area contributed by atoms with Gasteiger partial charge in [-0.05, 0) is 48.0 Å². The molecule has 2 aromatic heterocycles. The van der Waals surface area contributed by atoms with Crippen LogP contribution in [0.1, 0.15) is 15.9 Å². The number of methoxy groups -OCH3 is 1. The van der Waals surface area contributed by atoms with Crippen molar-refractivity contribution in [2.45, 2.75) is 0 Å². The Balaban J connectivity index is 1.60. The zero-order valence-corrected chi connectivity index (χ0v) is 16.6. The smallest absolute Gasteiger partial charge is 0.330 e. The second kappa shape index (κ2) is 8.54. The van der Waals surface area contributed by atoms with Gasteiger partial charge in [-0.15, -0.1) is 0 Å². The molecule has 7 heteroatoms. The molecule has 0 fully saturated rings. The van der Waals surface area contributed by atoms with Gasteiger partial charge >= 0.3 is 5.69 Å². The monoisotopic (exact) mass is 413 g/mol. The number of rotatable bonds is 6. The van der Waals surface area contributed by atoms with E-state index in [1.165, 1.54) is 23.8 Å². The first-order chi connectivity index (χ1) is 15.0. The Bertz CT molecular complexity index is 1320. The summed E-state index contributed by atoms with van der Waals surface area (Å²) in [6.07, 6.45) is 8.08. The largest absolute Gasteiger partial charge is 0.504 e. The number of carbonyl (C=O) groups is 1. The van der Waals surface area contributed by atoms with Gasteiger partial charge in [0.1, 0.15) is 0 Å². The lowest BCUT2D eigenvalue weighted by Gasteiger charge is -2.04. The molecule has 0 amide bonds. The fourth-order valence-electron chi connectivity index (χ4n) is 3.13. The zero-order chi connectivity index (χ0) is 21.8. The van der Waals surface area contributed by atoms with E-state index in [1.54, 1.807) is 67.1 Å². The van der Waals surface area contributed by atoms with Crippen molar-refractivity contribution in [2.24, 2.45) is 0 Å². The number of hydrogen-bond acceptors (Lipinski definition) is 5. The number of phenols is 1. The van der Waals surface area contributed by atoms with Crippen molar-refractivity contribution in [1.29, 1.82) is 0 Å². The van der Waals surface area contributed by atoms with Gasteiger partial charge in [-0.2, -0.15) is 0 Å². The number of aromatic hydroxyl groups is 1. The van der Waals surface area contributed by atoms with Crippen LogP contribution in [-0.2, 0) is 0 Å². The van der Waals surface area contributed by atoms with Crippen LogP contribution in [0.15, 0.2) is 84.1 Å². The topological polar surface area (TPSA) is 97.2 Å². The maximum absolute atomic E-state index is 12.7. The molecule has 4 rings (SSSR count). The lowest BCUT2D eigenvalue weighted by atomic mass is 10.1. The third-order valence-corrected chi connectivity index (χ3v) is 4.73. The van der Waals surface area contributed by atoms with Gasteiger partial charge in [0.2, 0.25) is 0 Å². The van der Waals surface area contributed by atoms with E-state index in [-0.39, 0.29) is 17.2 Å². The van der Waals surface area contributed by atoms with Gasteiger partial charge in [0.25, 0.3) is 0 Å². The molecule has 0 unspecified atom stereocenters. The Hall–Kier alpha value is -4.39. The number of hydrogen-bond donors (Lipinski definition) is 2. The number of allylic oxidation sites excluding steroid dienone is 1. The molecule has 0 aliphatic carbocycles. The van der Waals surface area contributed by atoms with Crippen molar-refractivity contribution in [3.8, 4) is 28.4 Å². The molecular weight excluding hydrogens is 394 g/mol. The van der Waals surface area contributed by atoms with Crippen molar-refractivity contribution >= 4 is 11.9 Å². The van der Waals surface area contributed by atoms with Crippen LogP contribution in [0.3, 0.4) is 0 Å². The Morgan fingerprint density at radius 3 is 2.81 bits per heavy atom. The summed E-state index contributed by atoms with van der Waals surface area (Å²) in [5.41, 5.74) is 2.84. The van der Waals surface area contributed by atoms with Crippen LogP contribution in [0.2, 0.25) is 0 Å². The first-order valence-electron chi connectivity index (χ1n) is 9.47. The maximum atomic E-state index is 12.7. The molecule has 2 N–H and O–H groups in total. The summed E-state index contributed by atoms with van der Waals surface area (Å²) in [6.45, 7) is 0. The Morgan fingerprint density at radius 1 is 1.16 bits per heavy atom. The predicted octanol–water partition coefficient (Wildman–Crippen LogP) is 3.84. The molecule has 0 spiro atoms. The molecule has 0 bridgehead atoms. The summed E-state index contributed by atoms with van der Waals surface area (Å²) in [4.78, 5) is 32.0. The summed E-state index contributed by atoms with van der Waals surface area (Å²) < 4.78 is 6.53. The number of carbonyl (C=O) groups excluding carboxylic acids is 1. The molecule has 0 aliphatic heterocycles. The van der Waals surface area contributed by atoms with Crippen LogP contribution in [0, 0.1) is 0 Å². The van der Waals surface area contributed by atoms with Crippen molar-refractivity contribution in [3.63, 3.8) is 0 Å². The number of nitrogens with zero attached hydrogens (tertiary/aromatic N) is 2. The molecule has 2 heterocycles. The average molecular weight is 413 g/mol. The number of ether oxygens (including phenoxy) is 1. The molecule has 0 atom stereocenters. The number of imidazole rings is 1. The lowest BCUT2D eigenvalue weighted by Crippen LogP contribution is -2.14. The Morgan fingerprint density at radius 2 is 2.03 bits per heavy atom. The molecule has 0 radical (unpaired) electrons. The molecule has 154 valence electrons. The van der Waals surface area contributed by atoms with E-state index < -0.39 is 0 Å². The summed E-state index contributed by atoms with van der Waals surface area (Å²) >= 11 is 0. The third kappa shape index (κ3) is 4.30. The Kier molecular flexibility index (Phi) is 5.49. The minimum absolute atomic E-state index is 0.0290. The van der Waals surface area contributed by atoms with Crippen molar-refractivity contribution < 1.29 is 14.6 Å². The van der Waals surface area contributed by atoms with E-state index in [0.29, 0.717) is 28.3 Å². The first kappa shape index (κ1) is 19.9. The number of benzene rings is 2. The second-order valence-corrected chi connectivity index (χ2v) is 6.76. The highest BCUT2D eigenvalue weighted by Gasteiger charge is 2.10. The predicted molar refractivity (Wildman–Crippen MR) is 118 cm³/mol. The van der Waals surface area contributed by atoms with Gasteiger partial charge in [-0.3, -0.25) is 14.3 Å². The number of phenolic OH excluding ortho intramolecular Hbond substituents is 1. The zero-order valence-electron chi connectivity index (χ0n) is 16.6. The molecule has 4 aromatic rings. The van der Waals surface area contributed by atoms with E-state index in [1.807, 2.05) is 6.07 Å². The van der Waals surface area contributed by atoms with E-state index >= 15 is 0 Å². The average Bonchev–Trinajstić information content (AvgIpc) is 3.20. The normalized spacial score (nSPS) is 11.0. The molecule has 0 aliphatic rings. The van der Waals surface area contributed by atoms with Gasteiger partial charge in [0.15, 0.2) is 17.3 Å². The van der Waals surface area contributed by atoms with Gasteiger partial charge in [0.05, 0.1) is 18.5 Å². The van der Waals surface area contributed by atoms with E-state index in [0.717, 1.165) is 5.56 Å². The highest BCUT2D eigenvalue weighted by Crippen LogP contribution is 2.26. The number of aromatic amines is 1. The van der Waals surface area contributed by atoms with E-state index in [9.17, 15) is 14.7 Å². The molecular formula is C24H19N3O4. The lowest BCUT2D eigenvalue weighted by molar-refractivity contribution is 0.104. The van der Waals surface area contributed by atoms with Crippen molar-refractivity contribution in [1.82, 2.24) is 14.5 Å². The summed E-state index contributed by atoms with van der Waals surface area (Å²) in [7, 11) is 1.46. The number of H-pyrrole nitrogens is 1. The standard InChI is InChI=1S/C24H19N3O4/c1-31-23-12-16(8-10-22(23)29)7-9-21(28)17-4-2-6-19(13-17)27-15-20(26-24(27)30)18-5-3-11-25-14-18/h2-15,29H,1H3,(H,26,30)/b9-7+. The van der Waals surface area contributed by atoms with Crippen LogP contribution in [0.4, 0.5) is 0 Å². The molecule has 2 aromatic carbocycles. The molecule has 31 heavy (non-hydrogen) atoms. The second-order valence-electron chi connectivity index (χ2n) is 6.76. The summed E-state index contributed by atoms with van der Waals surface area (Å²) in [6, 6.07) is 15.3. The fourth-order valence-corrected chi connectivity index (χ4v) is 3.13. The van der Waals surface area contributed by atoms with Crippen LogP contribution in [-0.4, -0.2) is 32.5 Å². The minimum atomic E-state index is -0.310. The number of aromatic nitrogens is 3. The maximum Gasteiger partial charge on any atom is 0.330 e. The SMILES string of the molecule is COc1cc(/C=C/C(=O)c2cccc(-n3cc(-c4cccnc4)[nH]c3=O)c2)ccc1O. The third-order valence-electron chi connectivity index (χ3n) is 4.73. The quantitative estimate of drug-likeness (QED) is 0.370. The van der Waals surface area contributed by atoms with Crippen LogP contribution < -0.4 is 10.4 Å². The molecule has 7 nitrogen and oxygen atoms in total. The summed E-state index contributed by atoms with van der Waals surface area (Å²) in [5, 5.41) is 9.68. The highest BCUT2D eigenvalue weighted by molar-refractivity contribution is 6.07. The molecule has 0 saturated carbocycles. The first-order valence-corrected chi connectivity index (χ1v) is 9.47. The summed E-state index contributed by atoms with van der Waals surface area (Å²) in [5.74, 6) is 0.138. The van der Waals surface area contributed by atoms with Gasteiger partial charge in [-0.1, -0.05) is 24.3 Å². The van der Waals surface area contributed by atoms with Crippen molar-refractivity contribution in [2.75, 3.05) is 7.11 Å². The number of ketones is 1. The van der Waals surface area contributed by atoms with E-state index in [2.05, 4.69) is 9.97 Å². The van der Waals surface area contributed by atoms with Crippen LogP contribution >= 0.6 is 0 Å². The molecule has 0 saturated heterocycles. The fraction of sp³-hybridized carbons (Fsp3) is 0.0417. The van der Waals surface area contributed by atoms with Gasteiger partial charge in [0, 0.05) is 29.7 Å². The van der Waals surface area contributed by atoms with Gasteiger partial charge < -0.3 is 14.8 Å². The van der Waals surface area contributed by atoms with Crippen molar-refractivity contribution in [3.05, 3.63) is 101 Å². The van der Waals surface area contributed by atoms with E-state index in [4.69, 9.17) is 4.74 Å². The van der Waals surface area contributed by atoms with Crippen LogP contribution in [0.5, 0.6) is 11.5 Å². The minimum Gasteiger partial charge on any atom is -0.504 e. The van der Waals surface area contributed by atoms with Gasteiger partial charge in [-0.25, -0.2) is 4.79 Å². The number of nitrogens with one attached hydrogen (secondary N) is 1. The number of pyridine rings is 1. The Labute approximate surface area is 177 Å². The van der Waals surface area contributed by atoms with Crippen LogP contribution in [0.25, 0.3) is 23.0 Å².